The Kier molecular flexibility index (Phi) is 6.34. The minimum Gasteiger partial charge on any atom is -0.352 e. The summed E-state index contributed by atoms with van der Waals surface area (Å²) in [5, 5.41) is 5.15. The molecule has 2 aromatic carbocycles. The van der Waals surface area contributed by atoms with Crippen LogP contribution in [0.3, 0.4) is 0 Å². The van der Waals surface area contributed by atoms with E-state index >= 15 is 0 Å². The molecule has 7 heteroatoms. The lowest BCUT2D eigenvalue weighted by Crippen LogP contribution is -2.35. The Labute approximate surface area is 161 Å². The van der Waals surface area contributed by atoms with Crippen LogP contribution >= 0.6 is 0 Å². The Morgan fingerprint density at radius 1 is 0.821 bits per heavy atom. The zero-order valence-electron chi connectivity index (χ0n) is 15.2. The SMILES string of the molecule is O=C(NCc1ccc(F)cc1)C1CCC(C(=O)Nc2c(F)cccc2F)CC1. The molecule has 0 heterocycles. The fourth-order valence-electron chi connectivity index (χ4n) is 3.40. The molecule has 0 aromatic heterocycles. The van der Waals surface area contributed by atoms with E-state index in [0.29, 0.717) is 32.2 Å². The number of carbonyl (C=O) groups excluding carboxylic acids is 2. The number of nitrogens with one attached hydrogen (secondary N) is 2. The summed E-state index contributed by atoms with van der Waals surface area (Å²) < 4.78 is 40.2. The second-order valence-electron chi connectivity index (χ2n) is 6.98. The molecule has 2 N–H and O–H groups in total. The zero-order chi connectivity index (χ0) is 20.1. The van der Waals surface area contributed by atoms with Crippen molar-refractivity contribution in [3.63, 3.8) is 0 Å². The van der Waals surface area contributed by atoms with Crippen molar-refractivity contribution >= 4 is 17.5 Å². The Balaban J connectivity index is 1.47. The maximum atomic E-state index is 13.7. The molecule has 1 fully saturated rings. The molecule has 1 saturated carbocycles. The molecule has 0 unspecified atom stereocenters. The summed E-state index contributed by atoms with van der Waals surface area (Å²) in [6.45, 7) is 0.312. The summed E-state index contributed by atoms with van der Waals surface area (Å²) in [6.07, 6.45) is 1.98. The lowest BCUT2D eigenvalue weighted by molar-refractivity contribution is -0.128. The molecule has 0 bridgehead atoms. The number of carbonyl (C=O) groups is 2. The molecule has 0 spiro atoms. The summed E-state index contributed by atoms with van der Waals surface area (Å²) in [7, 11) is 0. The first-order valence-electron chi connectivity index (χ1n) is 9.21. The molecule has 0 atom stereocenters. The van der Waals surface area contributed by atoms with Crippen molar-refractivity contribution in [3.8, 4) is 0 Å². The maximum Gasteiger partial charge on any atom is 0.227 e. The van der Waals surface area contributed by atoms with Gasteiger partial charge in [0.1, 0.15) is 23.1 Å². The molecular weight excluding hydrogens is 369 g/mol. The van der Waals surface area contributed by atoms with Crippen molar-refractivity contribution < 1.29 is 22.8 Å². The summed E-state index contributed by atoms with van der Waals surface area (Å²) in [5.41, 5.74) is 0.362. The van der Waals surface area contributed by atoms with Crippen LogP contribution in [0.5, 0.6) is 0 Å². The average Bonchev–Trinajstić information content (AvgIpc) is 2.70. The number of para-hydroxylation sites is 1. The standard InChI is InChI=1S/C21H21F3N2O2/c22-16-10-4-13(5-11-16)12-25-20(27)14-6-8-15(9-7-14)21(28)26-19-17(23)2-1-3-18(19)24/h1-5,10-11,14-15H,6-9,12H2,(H,25,27)(H,26,28). The molecule has 3 rings (SSSR count). The van der Waals surface area contributed by atoms with Gasteiger partial charge < -0.3 is 10.6 Å². The van der Waals surface area contributed by atoms with Gasteiger partial charge in [-0.05, 0) is 55.5 Å². The van der Waals surface area contributed by atoms with Gasteiger partial charge in [0.05, 0.1) is 0 Å². The second kappa shape index (κ2) is 8.91. The van der Waals surface area contributed by atoms with E-state index in [1.807, 2.05) is 0 Å². The lowest BCUT2D eigenvalue weighted by atomic mass is 9.81. The minimum atomic E-state index is -0.817. The zero-order valence-corrected chi connectivity index (χ0v) is 15.2. The first-order valence-corrected chi connectivity index (χ1v) is 9.21. The topological polar surface area (TPSA) is 58.2 Å². The summed E-state index contributed by atoms with van der Waals surface area (Å²) in [5.74, 6) is -3.11. The molecule has 28 heavy (non-hydrogen) atoms. The van der Waals surface area contributed by atoms with Crippen LogP contribution in [-0.2, 0) is 16.1 Å². The Hall–Kier alpha value is -2.83. The van der Waals surface area contributed by atoms with Crippen molar-refractivity contribution in [2.45, 2.75) is 32.2 Å². The average molecular weight is 390 g/mol. The molecule has 0 aliphatic heterocycles. The third-order valence-electron chi connectivity index (χ3n) is 5.06. The Bertz CT molecular complexity index is 827. The van der Waals surface area contributed by atoms with Crippen molar-refractivity contribution in [2.24, 2.45) is 11.8 Å². The van der Waals surface area contributed by atoms with Crippen LogP contribution < -0.4 is 10.6 Å². The molecule has 1 aliphatic carbocycles. The van der Waals surface area contributed by atoms with Crippen molar-refractivity contribution in [2.75, 3.05) is 5.32 Å². The predicted molar refractivity (Wildman–Crippen MR) is 98.7 cm³/mol. The van der Waals surface area contributed by atoms with Gasteiger partial charge in [-0.3, -0.25) is 9.59 Å². The van der Waals surface area contributed by atoms with Gasteiger partial charge in [0.15, 0.2) is 0 Å². The summed E-state index contributed by atoms with van der Waals surface area (Å²) >= 11 is 0. The number of rotatable bonds is 5. The highest BCUT2D eigenvalue weighted by Gasteiger charge is 2.30. The van der Waals surface area contributed by atoms with Crippen LogP contribution in [0.15, 0.2) is 42.5 Å². The smallest absolute Gasteiger partial charge is 0.227 e. The first-order chi connectivity index (χ1) is 13.4. The predicted octanol–water partition coefficient (Wildman–Crippen LogP) is 4.17. The van der Waals surface area contributed by atoms with Gasteiger partial charge in [0.2, 0.25) is 11.8 Å². The quantitative estimate of drug-likeness (QED) is 0.805. The molecule has 148 valence electrons. The van der Waals surface area contributed by atoms with E-state index in [1.54, 1.807) is 12.1 Å². The highest BCUT2D eigenvalue weighted by atomic mass is 19.1. The van der Waals surface area contributed by atoms with Crippen LogP contribution in [0, 0.1) is 29.3 Å². The van der Waals surface area contributed by atoms with Gasteiger partial charge in [-0.2, -0.15) is 0 Å². The van der Waals surface area contributed by atoms with E-state index in [2.05, 4.69) is 10.6 Å². The van der Waals surface area contributed by atoms with E-state index < -0.39 is 23.2 Å². The van der Waals surface area contributed by atoms with Crippen LogP contribution in [0.1, 0.15) is 31.2 Å². The Morgan fingerprint density at radius 2 is 1.36 bits per heavy atom. The van der Waals surface area contributed by atoms with Gasteiger partial charge in [0, 0.05) is 18.4 Å². The first kappa shape index (κ1) is 19.9. The number of hydrogen-bond acceptors (Lipinski definition) is 2. The largest absolute Gasteiger partial charge is 0.352 e. The Morgan fingerprint density at radius 3 is 1.93 bits per heavy atom. The molecule has 2 amide bonds. The fourth-order valence-corrected chi connectivity index (χ4v) is 3.40. The van der Waals surface area contributed by atoms with E-state index in [4.69, 9.17) is 0 Å². The fraction of sp³-hybridized carbons (Fsp3) is 0.333. The number of halogens is 3. The molecule has 0 radical (unpaired) electrons. The monoisotopic (exact) mass is 390 g/mol. The third kappa shape index (κ3) is 4.91. The highest BCUT2D eigenvalue weighted by Crippen LogP contribution is 2.30. The molecule has 1 aliphatic rings. The van der Waals surface area contributed by atoms with Crippen molar-refractivity contribution in [3.05, 3.63) is 65.5 Å². The van der Waals surface area contributed by atoms with E-state index in [1.165, 1.54) is 18.2 Å². The summed E-state index contributed by atoms with van der Waals surface area (Å²) in [6, 6.07) is 9.29. The second-order valence-corrected chi connectivity index (χ2v) is 6.98. The number of amides is 2. The molecule has 4 nitrogen and oxygen atoms in total. The van der Waals surface area contributed by atoms with E-state index in [0.717, 1.165) is 17.7 Å². The van der Waals surface area contributed by atoms with E-state index in [-0.39, 0.29) is 23.6 Å². The van der Waals surface area contributed by atoms with Crippen molar-refractivity contribution in [1.29, 1.82) is 0 Å². The van der Waals surface area contributed by atoms with Crippen molar-refractivity contribution in [1.82, 2.24) is 5.32 Å². The van der Waals surface area contributed by atoms with Gasteiger partial charge in [-0.15, -0.1) is 0 Å². The number of anilines is 1. The highest BCUT2D eigenvalue weighted by molar-refractivity contribution is 5.93. The molecule has 2 aromatic rings. The number of hydrogen-bond donors (Lipinski definition) is 2. The van der Waals surface area contributed by atoms with Crippen LogP contribution in [-0.4, -0.2) is 11.8 Å². The third-order valence-corrected chi connectivity index (χ3v) is 5.06. The van der Waals surface area contributed by atoms with Gasteiger partial charge >= 0.3 is 0 Å². The lowest BCUT2D eigenvalue weighted by Gasteiger charge is -2.27. The normalized spacial score (nSPS) is 19.1. The van der Waals surface area contributed by atoms with Crippen LogP contribution in [0.25, 0.3) is 0 Å². The van der Waals surface area contributed by atoms with Gasteiger partial charge in [-0.25, -0.2) is 13.2 Å². The van der Waals surface area contributed by atoms with Gasteiger partial charge in [-0.1, -0.05) is 18.2 Å². The van der Waals surface area contributed by atoms with Crippen LogP contribution in [0.2, 0.25) is 0 Å². The maximum absolute atomic E-state index is 13.7. The number of benzene rings is 2. The molecule has 0 saturated heterocycles. The minimum absolute atomic E-state index is 0.108. The van der Waals surface area contributed by atoms with E-state index in [9.17, 15) is 22.8 Å². The van der Waals surface area contributed by atoms with Crippen LogP contribution in [0.4, 0.5) is 18.9 Å². The van der Waals surface area contributed by atoms with Gasteiger partial charge in [0.25, 0.3) is 0 Å². The molecular formula is C21H21F3N2O2. The summed E-state index contributed by atoms with van der Waals surface area (Å²) in [4.78, 5) is 24.6.